The molecule has 3 aromatic heterocycles. The number of pyridine rings is 1. The molecule has 3 heterocycles. The Morgan fingerprint density at radius 3 is 3.08 bits per heavy atom. The minimum atomic E-state index is -0.0326. The van der Waals surface area contributed by atoms with Crippen molar-refractivity contribution in [3.63, 3.8) is 0 Å². The molecule has 1 fully saturated rings. The van der Waals surface area contributed by atoms with Crippen molar-refractivity contribution in [2.24, 2.45) is 11.3 Å². The van der Waals surface area contributed by atoms with Crippen LogP contribution in [0.5, 0.6) is 0 Å². The molecule has 0 bridgehead atoms. The summed E-state index contributed by atoms with van der Waals surface area (Å²) in [5.74, 6) is 1.48. The Balaban J connectivity index is 1.55. The summed E-state index contributed by atoms with van der Waals surface area (Å²) in [6, 6.07) is 1.90. The van der Waals surface area contributed by atoms with Crippen molar-refractivity contribution >= 4 is 22.8 Å². The highest BCUT2D eigenvalue weighted by molar-refractivity contribution is 5.92. The molecule has 0 aromatic carbocycles. The van der Waals surface area contributed by atoms with Gasteiger partial charge in [-0.05, 0) is 36.7 Å². The molecule has 0 spiro atoms. The molecule has 2 aliphatic rings. The topological polar surface area (TPSA) is 90.6 Å². The van der Waals surface area contributed by atoms with Gasteiger partial charge in [0.2, 0.25) is 5.91 Å². The molecule has 7 nitrogen and oxygen atoms in total. The molecule has 2 atom stereocenters. The van der Waals surface area contributed by atoms with E-state index in [1.54, 1.807) is 18.1 Å². The number of nitrogens with one attached hydrogen (secondary N) is 2. The maximum absolute atomic E-state index is 11.6. The van der Waals surface area contributed by atoms with Crippen molar-refractivity contribution in [3.8, 4) is 11.5 Å². The van der Waals surface area contributed by atoms with Crippen LogP contribution in [0, 0.1) is 11.3 Å². The summed E-state index contributed by atoms with van der Waals surface area (Å²) in [5.41, 5.74) is 6.11. The van der Waals surface area contributed by atoms with Gasteiger partial charge in [-0.3, -0.25) is 9.89 Å². The number of rotatable bonds is 2. The summed E-state index contributed by atoms with van der Waals surface area (Å²) in [4.78, 5) is 25.4. The van der Waals surface area contributed by atoms with Crippen LogP contribution in [0.1, 0.15) is 31.5 Å². The van der Waals surface area contributed by atoms with Crippen molar-refractivity contribution in [1.82, 2.24) is 25.1 Å². The van der Waals surface area contributed by atoms with Gasteiger partial charge in [0.05, 0.1) is 17.4 Å². The zero-order valence-electron chi connectivity index (χ0n) is 14.6. The molecular formula is C18H20N6O. The van der Waals surface area contributed by atoms with Gasteiger partial charge < -0.3 is 9.88 Å². The molecule has 1 amide bonds. The number of hydrogen-bond donors (Lipinski definition) is 2. The first-order chi connectivity index (χ1) is 11.9. The number of carbonyl (C=O) groups is 1. The lowest BCUT2D eigenvalue weighted by molar-refractivity contribution is -0.116. The van der Waals surface area contributed by atoms with Crippen molar-refractivity contribution in [1.29, 1.82) is 0 Å². The number of aromatic nitrogens is 5. The molecule has 0 unspecified atom stereocenters. The van der Waals surface area contributed by atoms with Crippen LogP contribution in [0.4, 0.5) is 5.69 Å². The molecule has 0 saturated heterocycles. The fourth-order valence-electron chi connectivity index (χ4n) is 4.02. The Morgan fingerprint density at radius 2 is 2.28 bits per heavy atom. The molecule has 0 aliphatic heterocycles. The van der Waals surface area contributed by atoms with Gasteiger partial charge in [0, 0.05) is 25.2 Å². The minimum absolute atomic E-state index is 0.0326. The van der Waals surface area contributed by atoms with Crippen LogP contribution in [0.2, 0.25) is 0 Å². The Bertz CT molecular complexity index is 1020. The van der Waals surface area contributed by atoms with E-state index in [-0.39, 0.29) is 5.91 Å². The summed E-state index contributed by atoms with van der Waals surface area (Å²) in [6.07, 6.45) is 5.12. The lowest BCUT2D eigenvalue weighted by Gasteiger charge is -2.17. The highest BCUT2D eigenvalue weighted by atomic mass is 16.2. The number of H-pyrrole nitrogens is 2. The SMILES string of the molecule is CC(=O)N(C)c1cnc2nc(-c3n[nH]c4c3C[C@@H]3C[C@]3(C)C4)[nH]c2c1. The number of amides is 1. The Kier molecular flexibility index (Phi) is 2.74. The second kappa shape index (κ2) is 4.68. The average molecular weight is 336 g/mol. The van der Waals surface area contributed by atoms with Crippen LogP contribution in [-0.4, -0.2) is 38.1 Å². The molecule has 7 heteroatoms. The highest BCUT2D eigenvalue weighted by Crippen LogP contribution is 2.59. The van der Waals surface area contributed by atoms with E-state index in [2.05, 4.69) is 32.1 Å². The smallest absolute Gasteiger partial charge is 0.223 e. The van der Waals surface area contributed by atoms with Crippen molar-refractivity contribution < 1.29 is 4.79 Å². The fourth-order valence-corrected chi connectivity index (χ4v) is 4.02. The third-order valence-corrected chi connectivity index (χ3v) is 5.93. The van der Waals surface area contributed by atoms with Crippen molar-refractivity contribution in [2.45, 2.75) is 33.1 Å². The number of imidazole rings is 1. The molecule has 1 saturated carbocycles. The molecular weight excluding hydrogens is 316 g/mol. The van der Waals surface area contributed by atoms with Crippen molar-refractivity contribution in [3.05, 3.63) is 23.5 Å². The van der Waals surface area contributed by atoms with Gasteiger partial charge in [-0.25, -0.2) is 9.97 Å². The molecule has 0 radical (unpaired) electrons. The van der Waals surface area contributed by atoms with Crippen LogP contribution in [-0.2, 0) is 17.6 Å². The lowest BCUT2D eigenvalue weighted by Crippen LogP contribution is -2.22. The number of hydrogen-bond acceptors (Lipinski definition) is 4. The van der Waals surface area contributed by atoms with E-state index in [1.807, 2.05) is 6.07 Å². The number of fused-ring (bicyclic) bond motifs is 3. The summed E-state index contributed by atoms with van der Waals surface area (Å²) < 4.78 is 0. The van der Waals surface area contributed by atoms with Gasteiger partial charge in [0.1, 0.15) is 5.69 Å². The Morgan fingerprint density at radius 1 is 1.44 bits per heavy atom. The first-order valence-electron chi connectivity index (χ1n) is 8.61. The van der Waals surface area contributed by atoms with E-state index in [4.69, 9.17) is 0 Å². The summed E-state index contributed by atoms with van der Waals surface area (Å²) in [6.45, 7) is 3.89. The molecule has 25 heavy (non-hydrogen) atoms. The van der Waals surface area contributed by atoms with Gasteiger partial charge in [0.15, 0.2) is 11.5 Å². The first kappa shape index (κ1) is 14.6. The third-order valence-electron chi connectivity index (χ3n) is 5.93. The molecule has 3 aromatic rings. The predicted molar refractivity (Wildman–Crippen MR) is 94.2 cm³/mol. The van der Waals surface area contributed by atoms with Crippen LogP contribution in [0.3, 0.4) is 0 Å². The maximum atomic E-state index is 11.6. The number of anilines is 1. The van der Waals surface area contributed by atoms with Crippen molar-refractivity contribution in [2.75, 3.05) is 11.9 Å². The van der Waals surface area contributed by atoms with Gasteiger partial charge in [-0.2, -0.15) is 5.10 Å². The van der Waals surface area contributed by atoms with Gasteiger partial charge in [-0.1, -0.05) is 6.92 Å². The fraction of sp³-hybridized carbons (Fsp3) is 0.444. The van der Waals surface area contributed by atoms with Crippen LogP contribution >= 0.6 is 0 Å². The van der Waals surface area contributed by atoms with E-state index in [0.717, 1.165) is 41.5 Å². The molecule has 2 N–H and O–H groups in total. The van der Waals surface area contributed by atoms with E-state index in [0.29, 0.717) is 11.1 Å². The maximum Gasteiger partial charge on any atom is 0.223 e. The quantitative estimate of drug-likeness (QED) is 0.752. The lowest BCUT2D eigenvalue weighted by atomic mass is 9.88. The van der Waals surface area contributed by atoms with E-state index >= 15 is 0 Å². The number of nitrogens with zero attached hydrogens (tertiary/aromatic N) is 4. The molecule has 128 valence electrons. The number of carbonyl (C=O) groups excluding carboxylic acids is 1. The number of aromatic amines is 2. The second-order valence-corrected chi connectivity index (χ2v) is 7.69. The zero-order chi connectivity index (χ0) is 17.3. The highest BCUT2D eigenvalue weighted by Gasteiger charge is 2.53. The average Bonchev–Trinajstić information content (AvgIpc) is 2.92. The monoisotopic (exact) mass is 336 g/mol. The largest absolute Gasteiger partial charge is 0.335 e. The first-order valence-corrected chi connectivity index (χ1v) is 8.61. The van der Waals surface area contributed by atoms with Crippen LogP contribution in [0.15, 0.2) is 12.3 Å². The predicted octanol–water partition coefficient (Wildman–Crippen LogP) is 2.46. The Labute approximate surface area is 144 Å². The van der Waals surface area contributed by atoms with Gasteiger partial charge in [0.25, 0.3) is 0 Å². The van der Waals surface area contributed by atoms with Gasteiger partial charge >= 0.3 is 0 Å². The van der Waals surface area contributed by atoms with Crippen LogP contribution < -0.4 is 4.90 Å². The zero-order valence-corrected chi connectivity index (χ0v) is 14.6. The third kappa shape index (κ3) is 2.11. The molecule has 2 aliphatic carbocycles. The van der Waals surface area contributed by atoms with E-state index in [1.165, 1.54) is 24.6 Å². The standard InChI is InChI=1S/C18H20N6O/c1-9(25)24(3)11-5-13-16(19-8-11)21-17(20-13)15-12-4-10-6-18(10,2)7-14(12)22-23-15/h5,8,10H,4,6-7H2,1-3H3,(H,22,23)(H,19,20,21)/t10-,18-/m1/s1. The summed E-state index contributed by atoms with van der Waals surface area (Å²) >= 11 is 0. The second-order valence-electron chi connectivity index (χ2n) is 7.69. The normalized spacial score (nSPS) is 24.0. The van der Waals surface area contributed by atoms with Crippen LogP contribution in [0.25, 0.3) is 22.7 Å². The van der Waals surface area contributed by atoms with Gasteiger partial charge in [-0.15, -0.1) is 0 Å². The van der Waals surface area contributed by atoms with E-state index in [9.17, 15) is 4.79 Å². The minimum Gasteiger partial charge on any atom is -0.335 e. The molecule has 5 rings (SSSR count). The summed E-state index contributed by atoms with van der Waals surface area (Å²) in [7, 11) is 1.74. The summed E-state index contributed by atoms with van der Waals surface area (Å²) in [5, 5.41) is 7.74. The van der Waals surface area contributed by atoms with E-state index < -0.39 is 0 Å². The Hall–Kier alpha value is -2.70.